The van der Waals surface area contributed by atoms with E-state index in [1.807, 2.05) is 13.8 Å². The van der Waals surface area contributed by atoms with E-state index in [-0.39, 0.29) is 23.2 Å². The molecule has 4 nitrogen and oxygen atoms in total. The molecule has 0 aliphatic rings. The Kier molecular flexibility index (Phi) is 3.61. The second-order valence-electron chi connectivity index (χ2n) is 5.23. The van der Waals surface area contributed by atoms with Crippen LogP contribution >= 0.6 is 0 Å². The van der Waals surface area contributed by atoms with Crippen LogP contribution in [-0.2, 0) is 0 Å². The van der Waals surface area contributed by atoms with Crippen molar-refractivity contribution in [2.45, 2.75) is 19.9 Å². The summed E-state index contributed by atoms with van der Waals surface area (Å²) < 4.78 is 14.8. The van der Waals surface area contributed by atoms with Gasteiger partial charge in [-0.05, 0) is 43.5 Å². The number of benzene rings is 1. The standard InChI is InChI=1S/C15H17FN2O2/c1-9(2)18-13(15(20)17(3)4)8-10-7-11(16)5-6-12(10)14(18)19/h5-9H,1-4H3. The van der Waals surface area contributed by atoms with Crippen molar-refractivity contribution >= 4 is 16.7 Å². The third-order valence-electron chi connectivity index (χ3n) is 3.16. The van der Waals surface area contributed by atoms with Crippen molar-refractivity contribution in [2.75, 3.05) is 14.1 Å². The molecule has 0 aliphatic heterocycles. The van der Waals surface area contributed by atoms with E-state index in [0.29, 0.717) is 10.8 Å². The molecule has 0 radical (unpaired) electrons. The molecular weight excluding hydrogens is 259 g/mol. The van der Waals surface area contributed by atoms with Crippen LogP contribution in [0.5, 0.6) is 0 Å². The number of hydrogen-bond acceptors (Lipinski definition) is 2. The first-order valence-electron chi connectivity index (χ1n) is 6.39. The van der Waals surface area contributed by atoms with E-state index in [1.54, 1.807) is 20.2 Å². The predicted molar refractivity (Wildman–Crippen MR) is 76.6 cm³/mol. The Morgan fingerprint density at radius 1 is 1.25 bits per heavy atom. The molecule has 2 aromatic rings. The molecule has 1 heterocycles. The molecule has 0 bridgehead atoms. The number of aromatic nitrogens is 1. The van der Waals surface area contributed by atoms with Gasteiger partial charge in [0.05, 0.1) is 0 Å². The molecule has 0 N–H and O–H groups in total. The minimum Gasteiger partial charge on any atom is -0.343 e. The van der Waals surface area contributed by atoms with Gasteiger partial charge in [-0.15, -0.1) is 0 Å². The summed E-state index contributed by atoms with van der Waals surface area (Å²) >= 11 is 0. The molecule has 20 heavy (non-hydrogen) atoms. The first kappa shape index (κ1) is 14.2. The molecule has 0 fully saturated rings. The summed E-state index contributed by atoms with van der Waals surface area (Å²) in [6.07, 6.45) is 0. The molecule has 0 aliphatic carbocycles. The normalized spacial score (nSPS) is 11.1. The van der Waals surface area contributed by atoms with Crippen LogP contribution in [0.2, 0.25) is 0 Å². The summed E-state index contributed by atoms with van der Waals surface area (Å²) in [7, 11) is 3.24. The van der Waals surface area contributed by atoms with E-state index in [1.165, 1.54) is 27.7 Å². The van der Waals surface area contributed by atoms with Crippen LogP contribution in [0.1, 0.15) is 30.4 Å². The topological polar surface area (TPSA) is 42.3 Å². The molecule has 0 saturated heterocycles. The number of carbonyl (C=O) groups excluding carboxylic acids is 1. The lowest BCUT2D eigenvalue weighted by Gasteiger charge is -2.19. The third-order valence-corrected chi connectivity index (χ3v) is 3.16. The van der Waals surface area contributed by atoms with Gasteiger partial charge < -0.3 is 9.47 Å². The summed E-state index contributed by atoms with van der Waals surface area (Å²) in [6.45, 7) is 3.67. The van der Waals surface area contributed by atoms with Gasteiger partial charge in [0.25, 0.3) is 11.5 Å². The lowest BCUT2D eigenvalue weighted by Crippen LogP contribution is -2.32. The van der Waals surface area contributed by atoms with E-state index < -0.39 is 5.82 Å². The van der Waals surface area contributed by atoms with Crippen LogP contribution in [0.3, 0.4) is 0 Å². The Hall–Kier alpha value is -2.17. The Morgan fingerprint density at radius 3 is 2.45 bits per heavy atom. The monoisotopic (exact) mass is 276 g/mol. The summed E-state index contributed by atoms with van der Waals surface area (Å²) in [6, 6.07) is 5.39. The largest absolute Gasteiger partial charge is 0.343 e. The average molecular weight is 276 g/mol. The number of hydrogen-bond donors (Lipinski definition) is 0. The highest BCUT2D eigenvalue weighted by atomic mass is 19.1. The van der Waals surface area contributed by atoms with E-state index in [9.17, 15) is 14.0 Å². The Morgan fingerprint density at radius 2 is 1.90 bits per heavy atom. The first-order valence-corrected chi connectivity index (χ1v) is 6.39. The summed E-state index contributed by atoms with van der Waals surface area (Å²) in [5, 5.41) is 0.854. The number of carbonyl (C=O) groups is 1. The van der Waals surface area contributed by atoms with Crippen LogP contribution in [-0.4, -0.2) is 29.5 Å². The number of pyridine rings is 1. The van der Waals surface area contributed by atoms with Gasteiger partial charge in [0.15, 0.2) is 0 Å². The molecule has 1 aromatic heterocycles. The van der Waals surface area contributed by atoms with Gasteiger partial charge in [0, 0.05) is 25.5 Å². The maximum absolute atomic E-state index is 13.3. The van der Waals surface area contributed by atoms with E-state index in [2.05, 4.69) is 0 Å². The summed E-state index contributed by atoms with van der Waals surface area (Å²) in [5.41, 5.74) is -0.00389. The van der Waals surface area contributed by atoms with Gasteiger partial charge in [0.2, 0.25) is 0 Å². The number of nitrogens with zero attached hydrogens (tertiary/aromatic N) is 2. The van der Waals surface area contributed by atoms with E-state index in [4.69, 9.17) is 0 Å². The zero-order valence-corrected chi connectivity index (χ0v) is 12.0. The van der Waals surface area contributed by atoms with Crippen molar-refractivity contribution in [3.8, 4) is 0 Å². The highest BCUT2D eigenvalue weighted by molar-refractivity contribution is 5.96. The highest BCUT2D eigenvalue weighted by Crippen LogP contribution is 2.17. The smallest absolute Gasteiger partial charge is 0.270 e. The van der Waals surface area contributed by atoms with Crippen molar-refractivity contribution in [1.82, 2.24) is 9.47 Å². The number of rotatable bonds is 2. The summed E-state index contributed by atoms with van der Waals surface area (Å²) in [4.78, 5) is 26.1. The Labute approximate surface area is 116 Å². The Bertz CT molecular complexity index is 732. The van der Waals surface area contributed by atoms with E-state index in [0.717, 1.165) is 0 Å². The molecule has 1 amide bonds. The zero-order chi connectivity index (χ0) is 15.0. The molecule has 5 heteroatoms. The van der Waals surface area contributed by atoms with Crippen molar-refractivity contribution < 1.29 is 9.18 Å². The van der Waals surface area contributed by atoms with Crippen molar-refractivity contribution in [3.05, 3.63) is 46.1 Å². The molecule has 2 rings (SSSR count). The fourth-order valence-electron chi connectivity index (χ4n) is 2.21. The molecule has 1 aromatic carbocycles. The minimum absolute atomic E-state index is 0.157. The van der Waals surface area contributed by atoms with Crippen molar-refractivity contribution in [3.63, 3.8) is 0 Å². The number of fused-ring (bicyclic) bond motifs is 1. The number of amides is 1. The quantitative estimate of drug-likeness (QED) is 0.845. The second-order valence-corrected chi connectivity index (χ2v) is 5.23. The fourth-order valence-corrected chi connectivity index (χ4v) is 2.21. The highest BCUT2D eigenvalue weighted by Gasteiger charge is 2.18. The van der Waals surface area contributed by atoms with Gasteiger partial charge in [0.1, 0.15) is 11.5 Å². The average Bonchev–Trinajstić information content (AvgIpc) is 2.36. The third kappa shape index (κ3) is 2.31. The lowest BCUT2D eigenvalue weighted by molar-refractivity contribution is 0.0814. The van der Waals surface area contributed by atoms with Gasteiger partial charge >= 0.3 is 0 Å². The van der Waals surface area contributed by atoms with Crippen LogP contribution < -0.4 is 5.56 Å². The Balaban J connectivity index is 2.88. The molecule has 0 unspecified atom stereocenters. The van der Waals surface area contributed by atoms with Crippen LogP contribution in [0.15, 0.2) is 29.1 Å². The SMILES string of the molecule is CC(C)n1c(C(=O)N(C)C)cc2cc(F)ccc2c1=O. The van der Waals surface area contributed by atoms with Crippen molar-refractivity contribution in [1.29, 1.82) is 0 Å². The predicted octanol–water partition coefficient (Wildman–Crippen LogP) is 2.42. The number of halogens is 1. The molecule has 106 valence electrons. The maximum Gasteiger partial charge on any atom is 0.270 e. The maximum atomic E-state index is 13.3. The molecule has 0 atom stereocenters. The van der Waals surface area contributed by atoms with Gasteiger partial charge in [-0.3, -0.25) is 9.59 Å². The summed E-state index contributed by atoms with van der Waals surface area (Å²) in [5.74, 6) is -0.704. The zero-order valence-electron chi connectivity index (χ0n) is 12.0. The van der Waals surface area contributed by atoms with E-state index >= 15 is 0 Å². The van der Waals surface area contributed by atoms with Crippen LogP contribution in [0, 0.1) is 5.82 Å². The fraction of sp³-hybridized carbons (Fsp3) is 0.333. The minimum atomic E-state index is -0.428. The second kappa shape index (κ2) is 5.07. The van der Waals surface area contributed by atoms with Gasteiger partial charge in [-0.25, -0.2) is 4.39 Å². The van der Waals surface area contributed by atoms with Crippen LogP contribution in [0.4, 0.5) is 4.39 Å². The lowest BCUT2D eigenvalue weighted by atomic mass is 10.1. The van der Waals surface area contributed by atoms with Crippen molar-refractivity contribution in [2.24, 2.45) is 0 Å². The van der Waals surface area contributed by atoms with Gasteiger partial charge in [-0.1, -0.05) is 0 Å². The molecular formula is C15H17FN2O2. The molecule has 0 saturated carbocycles. The van der Waals surface area contributed by atoms with Gasteiger partial charge in [-0.2, -0.15) is 0 Å². The first-order chi connectivity index (χ1) is 9.32. The molecule has 0 spiro atoms. The van der Waals surface area contributed by atoms with Crippen LogP contribution in [0.25, 0.3) is 10.8 Å².